The van der Waals surface area contributed by atoms with Gasteiger partial charge in [-0.2, -0.15) is 0 Å². The molecule has 0 aromatic carbocycles. The zero-order valence-electron chi connectivity index (χ0n) is 16.3. The van der Waals surface area contributed by atoms with E-state index in [9.17, 15) is 4.79 Å². The highest BCUT2D eigenvalue weighted by atomic mass is 16.2. The fraction of sp³-hybridized carbons (Fsp3) is 0.850. The van der Waals surface area contributed by atoms with Gasteiger partial charge in [0.2, 0.25) is 0 Å². The Hall–Kier alpha value is -1.07. The van der Waals surface area contributed by atoms with Crippen LogP contribution in [-0.4, -0.2) is 79.1 Å². The molecular formula is C20H36N4O. The summed E-state index contributed by atoms with van der Waals surface area (Å²) >= 11 is 0. The molecule has 3 rings (SSSR count). The van der Waals surface area contributed by atoms with Gasteiger partial charge in [-0.1, -0.05) is 25.0 Å². The van der Waals surface area contributed by atoms with Crippen molar-refractivity contribution >= 4 is 6.03 Å². The predicted molar refractivity (Wildman–Crippen MR) is 103 cm³/mol. The summed E-state index contributed by atoms with van der Waals surface area (Å²) in [5, 5.41) is 3.22. The van der Waals surface area contributed by atoms with Crippen LogP contribution < -0.4 is 5.32 Å². The van der Waals surface area contributed by atoms with Crippen molar-refractivity contribution in [3.63, 3.8) is 0 Å². The van der Waals surface area contributed by atoms with E-state index in [0.29, 0.717) is 24.2 Å². The second-order valence-electron chi connectivity index (χ2n) is 8.32. The number of nitrogens with zero attached hydrogens (tertiary/aromatic N) is 3. The molecule has 0 aromatic rings. The zero-order chi connectivity index (χ0) is 17.8. The summed E-state index contributed by atoms with van der Waals surface area (Å²) in [6, 6.07) is 1.91. The second-order valence-corrected chi connectivity index (χ2v) is 8.32. The van der Waals surface area contributed by atoms with Gasteiger partial charge in [0.05, 0.1) is 0 Å². The molecule has 142 valence electrons. The van der Waals surface area contributed by atoms with Gasteiger partial charge in [0, 0.05) is 31.2 Å². The Balaban J connectivity index is 1.60. The van der Waals surface area contributed by atoms with E-state index in [0.717, 1.165) is 19.3 Å². The number of urea groups is 1. The maximum Gasteiger partial charge on any atom is 0.317 e. The number of piperidine rings is 1. The molecule has 2 amide bonds. The van der Waals surface area contributed by atoms with Crippen molar-refractivity contribution in [1.82, 2.24) is 20.0 Å². The van der Waals surface area contributed by atoms with E-state index in [1.165, 1.54) is 45.2 Å². The van der Waals surface area contributed by atoms with Gasteiger partial charge in [0.15, 0.2) is 0 Å². The molecule has 3 aliphatic rings. The van der Waals surface area contributed by atoms with E-state index in [1.54, 1.807) is 0 Å². The minimum atomic E-state index is 0.113. The SMILES string of the molecule is CN1CCC(N(C)[C@@H]2CCCC[C@@H]2N(C)C(=O)NC2CC=CC2)CC1. The van der Waals surface area contributed by atoms with Crippen LogP contribution in [0.3, 0.4) is 0 Å². The normalized spacial score (nSPS) is 29.3. The van der Waals surface area contributed by atoms with Crippen LogP contribution in [-0.2, 0) is 0 Å². The largest absolute Gasteiger partial charge is 0.335 e. The van der Waals surface area contributed by atoms with E-state index in [2.05, 4.69) is 41.4 Å². The molecule has 1 saturated carbocycles. The molecule has 0 bridgehead atoms. The lowest BCUT2D eigenvalue weighted by Crippen LogP contribution is -2.58. The van der Waals surface area contributed by atoms with Gasteiger partial charge in [-0.05, 0) is 65.7 Å². The lowest BCUT2D eigenvalue weighted by Gasteiger charge is -2.46. The van der Waals surface area contributed by atoms with Gasteiger partial charge in [0.1, 0.15) is 0 Å². The number of carbonyl (C=O) groups is 1. The van der Waals surface area contributed by atoms with Crippen molar-refractivity contribution in [2.75, 3.05) is 34.2 Å². The Bertz CT molecular complexity index is 464. The third-order valence-electron chi connectivity index (χ3n) is 6.63. The van der Waals surface area contributed by atoms with E-state index >= 15 is 0 Å². The molecule has 2 aliphatic carbocycles. The highest BCUT2D eigenvalue weighted by Crippen LogP contribution is 2.29. The summed E-state index contributed by atoms with van der Waals surface area (Å²) < 4.78 is 0. The molecular weight excluding hydrogens is 312 g/mol. The van der Waals surface area contributed by atoms with Crippen LogP contribution in [0.4, 0.5) is 4.79 Å². The Kier molecular flexibility index (Phi) is 6.39. The van der Waals surface area contributed by atoms with Crippen molar-refractivity contribution in [2.24, 2.45) is 0 Å². The number of likely N-dealkylation sites (tertiary alicyclic amines) is 1. The van der Waals surface area contributed by atoms with Gasteiger partial charge in [0.25, 0.3) is 0 Å². The average Bonchev–Trinajstić information content (AvgIpc) is 3.14. The molecule has 0 spiro atoms. The Labute approximate surface area is 153 Å². The summed E-state index contributed by atoms with van der Waals surface area (Å²) in [6.45, 7) is 2.38. The van der Waals surface area contributed by atoms with Gasteiger partial charge in [-0.3, -0.25) is 4.90 Å². The lowest BCUT2D eigenvalue weighted by atomic mass is 9.86. The average molecular weight is 349 g/mol. The Morgan fingerprint density at radius 3 is 2.24 bits per heavy atom. The molecule has 2 atom stereocenters. The number of hydrogen-bond acceptors (Lipinski definition) is 3. The number of rotatable bonds is 4. The first-order valence-corrected chi connectivity index (χ1v) is 10.1. The van der Waals surface area contributed by atoms with E-state index in [4.69, 9.17) is 0 Å². The summed E-state index contributed by atoms with van der Waals surface area (Å²) in [7, 11) is 6.52. The van der Waals surface area contributed by atoms with Crippen LogP contribution in [0.2, 0.25) is 0 Å². The predicted octanol–water partition coefficient (Wildman–Crippen LogP) is 2.68. The Morgan fingerprint density at radius 2 is 1.60 bits per heavy atom. The molecule has 5 nitrogen and oxygen atoms in total. The topological polar surface area (TPSA) is 38.8 Å². The first-order chi connectivity index (χ1) is 12.1. The van der Waals surface area contributed by atoms with E-state index in [-0.39, 0.29) is 6.03 Å². The van der Waals surface area contributed by atoms with Gasteiger partial charge >= 0.3 is 6.03 Å². The number of amides is 2. The van der Waals surface area contributed by atoms with Crippen molar-refractivity contribution in [3.8, 4) is 0 Å². The Morgan fingerprint density at radius 1 is 1.00 bits per heavy atom. The molecule has 2 fully saturated rings. The molecule has 0 unspecified atom stereocenters. The highest BCUT2D eigenvalue weighted by Gasteiger charge is 2.36. The first kappa shape index (κ1) is 18.7. The molecule has 0 aromatic heterocycles. The third-order valence-corrected chi connectivity index (χ3v) is 6.63. The molecule has 1 aliphatic heterocycles. The third kappa shape index (κ3) is 4.56. The van der Waals surface area contributed by atoms with E-state index in [1.807, 2.05) is 11.9 Å². The minimum Gasteiger partial charge on any atom is -0.335 e. The van der Waals surface area contributed by atoms with Crippen LogP contribution in [0, 0.1) is 0 Å². The van der Waals surface area contributed by atoms with Crippen molar-refractivity contribution in [2.45, 2.75) is 75.5 Å². The summed E-state index contributed by atoms with van der Waals surface area (Å²) in [6.07, 6.45) is 13.7. The molecule has 1 N–H and O–H groups in total. The maximum absolute atomic E-state index is 12.7. The molecule has 1 saturated heterocycles. The van der Waals surface area contributed by atoms with Crippen molar-refractivity contribution < 1.29 is 4.79 Å². The van der Waals surface area contributed by atoms with Crippen LogP contribution in [0.25, 0.3) is 0 Å². The van der Waals surface area contributed by atoms with Crippen LogP contribution >= 0.6 is 0 Å². The monoisotopic (exact) mass is 348 g/mol. The first-order valence-electron chi connectivity index (χ1n) is 10.1. The number of carbonyl (C=O) groups excluding carboxylic acids is 1. The van der Waals surface area contributed by atoms with Crippen LogP contribution in [0.1, 0.15) is 51.4 Å². The van der Waals surface area contributed by atoms with Crippen molar-refractivity contribution in [1.29, 1.82) is 0 Å². The van der Waals surface area contributed by atoms with Gasteiger partial charge in [-0.25, -0.2) is 4.79 Å². The lowest BCUT2D eigenvalue weighted by molar-refractivity contribution is 0.0420. The van der Waals surface area contributed by atoms with Crippen LogP contribution in [0.15, 0.2) is 12.2 Å². The smallest absolute Gasteiger partial charge is 0.317 e. The van der Waals surface area contributed by atoms with Gasteiger partial charge in [-0.15, -0.1) is 0 Å². The van der Waals surface area contributed by atoms with Gasteiger partial charge < -0.3 is 15.1 Å². The number of nitrogens with one attached hydrogen (secondary N) is 1. The molecule has 25 heavy (non-hydrogen) atoms. The quantitative estimate of drug-likeness (QED) is 0.794. The summed E-state index contributed by atoms with van der Waals surface area (Å²) in [5.74, 6) is 0. The molecule has 0 radical (unpaired) electrons. The molecule has 5 heteroatoms. The number of likely N-dealkylation sites (N-methyl/N-ethyl adjacent to an activating group) is 2. The fourth-order valence-electron chi connectivity index (χ4n) is 4.85. The summed E-state index contributed by atoms with van der Waals surface area (Å²) in [4.78, 5) is 19.8. The van der Waals surface area contributed by atoms with E-state index < -0.39 is 0 Å². The molecule has 1 heterocycles. The summed E-state index contributed by atoms with van der Waals surface area (Å²) in [5.41, 5.74) is 0. The highest BCUT2D eigenvalue weighted by molar-refractivity contribution is 5.74. The minimum absolute atomic E-state index is 0.113. The number of hydrogen-bond donors (Lipinski definition) is 1. The van der Waals surface area contributed by atoms with Crippen LogP contribution in [0.5, 0.6) is 0 Å². The fourth-order valence-corrected chi connectivity index (χ4v) is 4.85. The maximum atomic E-state index is 12.7. The standard InChI is InChI=1S/C20H36N4O/c1-22-14-12-17(13-15-22)23(2)18-10-6-7-11-19(18)24(3)20(25)21-16-8-4-5-9-16/h4-5,16-19H,6-15H2,1-3H3,(H,21,25)/t18-,19+/m1/s1. The van der Waals surface area contributed by atoms with Crippen molar-refractivity contribution in [3.05, 3.63) is 12.2 Å². The second kappa shape index (κ2) is 8.54. The zero-order valence-corrected chi connectivity index (χ0v) is 16.3.